The molecule has 0 aromatic carbocycles. The summed E-state index contributed by atoms with van der Waals surface area (Å²) in [5, 5.41) is 0. The van der Waals surface area contributed by atoms with Crippen LogP contribution in [0.1, 0.15) is 78.6 Å². The van der Waals surface area contributed by atoms with Gasteiger partial charge in [-0.05, 0) is 19.3 Å². The van der Waals surface area contributed by atoms with Crippen molar-refractivity contribution in [1.29, 1.82) is 0 Å². The lowest BCUT2D eigenvalue weighted by Gasteiger charge is -2.15. The van der Waals surface area contributed by atoms with Gasteiger partial charge in [0.15, 0.2) is 0 Å². The Kier molecular flexibility index (Phi) is 13.9. The van der Waals surface area contributed by atoms with Gasteiger partial charge >= 0.3 is 5.97 Å². The number of aliphatic imine (C=N–C) groups is 1. The number of carbonyl (C=O) groups excluding carboxylic acids is 1. The van der Waals surface area contributed by atoms with E-state index in [0.717, 1.165) is 18.9 Å². The molecule has 0 aliphatic rings. The molecular weight excluding hydrogens is 250 g/mol. The molecular formula is C17H33NO2. The van der Waals surface area contributed by atoms with Crippen LogP contribution in [0.15, 0.2) is 4.99 Å². The van der Waals surface area contributed by atoms with E-state index in [0.29, 0.717) is 6.61 Å². The topological polar surface area (TPSA) is 38.7 Å². The van der Waals surface area contributed by atoms with Gasteiger partial charge in [-0.3, -0.25) is 4.99 Å². The third-order valence-electron chi connectivity index (χ3n) is 3.58. The molecule has 20 heavy (non-hydrogen) atoms. The van der Waals surface area contributed by atoms with Crippen LogP contribution in [0, 0.1) is 5.92 Å². The Morgan fingerprint density at radius 2 is 1.60 bits per heavy atom. The second-order valence-electron chi connectivity index (χ2n) is 5.43. The number of hydrogen-bond acceptors (Lipinski definition) is 3. The highest BCUT2D eigenvalue weighted by Crippen LogP contribution is 2.20. The number of unbranched alkanes of at least 4 members (excludes halogenated alkanes) is 4. The molecule has 0 saturated carbocycles. The molecule has 0 unspecified atom stereocenters. The minimum atomic E-state index is -0.319. The molecule has 0 aliphatic heterocycles. The standard InChI is InChI=1S/C17H33NO2/c1-4-7-9-11-16(12-10-8-5-2)13-14-18-15-17(19)20-6-3/h15-16H,4-14H2,1-3H3/b18-15+. The van der Waals surface area contributed by atoms with Crippen LogP contribution < -0.4 is 0 Å². The fourth-order valence-corrected chi connectivity index (χ4v) is 2.37. The van der Waals surface area contributed by atoms with E-state index in [1.807, 2.05) is 6.92 Å². The van der Waals surface area contributed by atoms with Crippen molar-refractivity contribution in [3.05, 3.63) is 0 Å². The summed E-state index contributed by atoms with van der Waals surface area (Å²) in [6.45, 7) is 7.47. The maximum absolute atomic E-state index is 11.1. The SMILES string of the molecule is CCCCCC(CCCCC)CC/N=C/C(=O)OCC. The minimum Gasteiger partial charge on any atom is -0.462 e. The molecule has 0 bridgehead atoms. The Bertz CT molecular complexity index is 241. The molecule has 0 amide bonds. The first kappa shape index (κ1) is 19.1. The second-order valence-corrected chi connectivity index (χ2v) is 5.43. The van der Waals surface area contributed by atoms with E-state index in [1.54, 1.807) is 0 Å². The van der Waals surface area contributed by atoms with Gasteiger partial charge in [-0.25, -0.2) is 4.79 Å². The van der Waals surface area contributed by atoms with Crippen LogP contribution in [-0.2, 0) is 9.53 Å². The first-order chi connectivity index (χ1) is 9.74. The molecule has 0 aromatic rings. The third kappa shape index (κ3) is 12.2. The van der Waals surface area contributed by atoms with E-state index in [-0.39, 0.29) is 5.97 Å². The van der Waals surface area contributed by atoms with Crippen LogP contribution in [0.5, 0.6) is 0 Å². The van der Waals surface area contributed by atoms with E-state index < -0.39 is 0 Å². The van der Waals surface area contributed by atoms with Crippen LogP contribution in [0.4, 0.5) is 0 Å². The Balaban J connectivity index is 3.90. The number of hydrogen-bond donors (Lipinski definition) is 0. The zero-order chi connectivity index (χ0) is 15.1. The predicted octanol–water partition coefficient (Wildman–Crippen LogP) is 4.79. The summed E-state index contributed by atoms with van der Waals surface area (Å²) in [7, 11) is 0. The van der Waals surface area contributed by atoms with Crippen molar-refractivity contribution < 1.29 is 9.53 Å². The quantitative estimate of drug-likeness (QED) is 0.277. The fourth-order valence-electron chi connectivity index (χ4n) is 2.37. The van der Waals surface area contributed by atoms with Gasteiger partial charge in [0.05, 0.1) is 6.61 Å². The average molecular weight is 283 g/mol. The number of rotatable bonds is 13. The average Bonchev–Trinajstić information content (AvgIpc) is 2.43. The molecule has 0 atom stereocenters. The molecule has 0 fully saturated rings. The van der Waals surface area contributed by atoms with Crippen molar-refractivity contribution in [2.45, 2.75) is 78.6 Å². The van der Waals surface area contributed by atoms with E-state index >= 15 is 0 Å². The zero-order valence-corrected chi connectivity index (χ0v) is 13.7. The van der Waals surface area contributed by atoms with Crippen molar-refractivity contribution in [3.8, 4) is 0 Å². The molecule has 0 heterocycles. The molecule has 0 aromatic heterocycles. The lowest BCUT2D eigenvalue weighted by molar-refractivity contribution is -0.134. The number of carbonyl (C=O) groups is 1. The van der Waals surface area contributed by atoms with Crippen molar-refractivity contribution in [2.24, 2.45) is 10.9 Å². The van der Waals surface area contributed by atoms with E-state index in [2.05, 4.69) is 18.8 Å². The lowest BCUT2D eigenvalue weighted by atomic mass is 9.92. The van der Waals surface area contributed by atoms with Gasteiger partial charge in [-0.15, -0.1) is 0 Å². The number of nitrogens with zero attached hydrogens (tertiary/aromatic N) is 1. The van der Waals surface area contributed by atoms with Crippen LogP contribution >= 0.6 is 0 Å². The van der Waals surface area contributed by atoms with Gasteiger partial charge in [-0.1, -0.05) is 65.2 Å². The van der Waals surface area contributed by atoms with Gasteiger partial charge in [0.1, 0.15) is 6.21 Å². The fraction of sp³-hybridized carbons (Fsp3) is 0.882. The largest absolute Gasteiger partial charge is 0.462 e. The van der Waals surface area contributed by atoms with Crippen LogP contribution in [0.25, 0.3) is 0 Å². The highest BCUT2D eigenvalue weighted by atomic mass is 16.5. The molecule has 3 heteroatoms. The van der Waals surface area contributed by atoms with Crippen molar-refractivity contribution in [3.63, 3.8) is 0 Å². The minimum absolute atomic E-state index is 0.319. The molecule has 3 nitrogen and oxygen atoms in total. The second kappa shape index (κ2) is 14.5. The van der Waals surface area contributed by atoms with Crippen LogP contribution in [-0.4, -0.2) is 25.3 Å². The van der Waals surface area contributed by atoms with E-state index in [9.17, 15) is 4.79 Å². The molecule has 0 aliphatic carbocycles. The van der Waals surface area contributed by atoms with Gasteiger partial charge in [0.25, 0.3) is 0 Å². The Morgan fingerprint density at radius 3 is 2.10 bits per heavy atom. The highest BCUT2D eigenvalue weighted by molar-refractivity contribution is 6.23. The summed E-state index contributed by atoms with van der Waals surface area (Å²) in [6.07, 6.45) is 12.9. The molecule has 118 valence electrons. The van der Waals surface area contributed by atoms with E-state index in [1.165, 1.54) is 57.6 Å². The summed E-state index contributed by atoms with van der Waals surface area (Å²) < 4.78 is 4.82. The smallest absolute Gasteiger partial charge is 0.348 e. The van der Waals surface area contributed by atoms with E-state index in [4.69, 9.17) is 4.74 Å². The molecule has 0 N–H and O–H groups in total. The first-order valence-corrected chi connectivity index (χ1v) is 8.41. The summed E-state index contributed by atoms with van der Waals surface area (Å²) >= 11 is 0. The van der Waals surface area contributed by atoms with Gasteiger partial charge in [0, 0.05) is 6.54 Å². The Morgan fingerprint density at radius 1 is 1.00 bits per heavy atom. The number of ether oxygens (including phenoxy) is 1. The summed E-state index contributed by atoms with van der Waals surface area (Å²) in [6, 6.07) is 0. The maximum atomic E-state index is 11.1. The highest BCUT2D eigenvalue weighted by Gasteiger charge is 2.07. The normalized spacial score (nSPS) is 11.4. The molecule has 0 rings (SSSR count). The van der Waals surface area contributed by atoms with Crippen molar-refractivity contribution >= 4 is 12.2 Å². The Labute approximate surface area is 125 Å². The molecule has 0 spiro atoms. The van der Waals surface area contributed by atoms with Crippen molar-refractivity contribution in [2.75, 3.05) is 13.2 Å². The van der Waals surface area contributed by atoms with Gasteiger partial charge in [-0.2, -0.15) is 0 Å². The summed E-state index contributed by atoms with van der Waals surface area (Å²) in [5.74, 6) is 0.452. The van der Waals surface area contributed by atoms with Gasteiger partial charge < -0.3 is 4.74 Å². The molecule has 0 saturated heterocycles. The maximum Gasteiger partial charge on any atom is 0.348 e. The lowest BCUT2D eigenvalue weighted by Crippen LogP contribution is -2.07. The van der Waals surface area contributed by atoms with Crippen molar-refractivity contribution in [1.82, 2.24) is 0 Å². The zero-order valence-electron chi connectivity index (χ0n) is 13.7. The van der Waals surface area contributed by atoms with Gasteiger partial charge in [0.2, 0.25) is 0 Å². The Hall–Kier alpha value is -0.860. The monoisotopic (exact) mass is 283 g/mol. The van der Waals surface area contributed by atoms with Crippen LogP contribution in [0.3, 0.4) is 0 Å². The summed E-state index contributed by atoms with van der Waals surface area (Å²) in [4.78, 5) is 15.3. The molecule has 0 radical (unpaired) electrons. The summed E-state index contributed by atoms with van der Waals surface area (Å²) in [5.41, 5.74) is 0. The first-order valence-electron chi connectivity index (χ1n) is 8.41. The number of esters is 1. The predicted molar refractivity (Wildman–Crippen MR) is 86.4 cm³/mol. The van der Waals surface area contributed by atoms with Crippen LogP contribution in [0.2, 0.25) is 0 Å². The third-order valence-corrected chi connectivity index (χ3v) is 3.58.